The molecule has 0 spiro atoms. The molecule has 1 aromatic carbocycles. The number of pyridine rings is 1. The maximum absolute atomic E-state index is 14.3. The van der Waals surface area contributed by atoms with Crippen molar-refractivity contribution in [3.05, 3.63) is 64.4 Å². The normalized spacial score (nSPS) is 30.9. The maximum atomic E-state index is 14.3. The molecule has 0 bridgehead atoms. The highest BCUT2D eigenvalue weighted by Gasteiger charge is 2.46. The van der Waals surface area contributed by atoms with Crippen LogP contribution in [0.5, 0.6) is 0 Å². The number of nitrogens with one attached hydrogen (secondary N) is 1. The standard InChI is InChI=1S/C30H39ClFN3O/c1-2-6-27-24(13-14-29(31)34-27)25-18-33-19-26(25)30(36)35-16-15-22(20-7-4-3-5-8-20)17-28(35)21-9-11-23(32)12-10-21/h3-5,7-8,13-14,21-23,25-26,28,33H,2,6,9-12,15-19H2,1H3/p+2/t21?,22-,23?,25-,26?,28?/m0/s1. The molecule has 36 heavy (non-hydrogen) atoms. The number of hydrogen-bond donors (Lipinski definition) is 1. The Balaban J connectivity index is 1.39. The van der Waals surface area contributed by atoms with Crippen molar-refractivity contribution in [3.8, 4) is 0 Å². The molecule has 2 aromatic rings. The van der Waals surface area contributed by atoms with Crippen LogP contribution in [-0.4, -0.2) is 42.7 Å². The molecule has 194 valence electrons. The van der Waals surface area contributed by atoms with Crippen molar-refractivity contribution in [3.63, 3.8) is 0 Å². The number of carbonyl (C=O) groups excluding carboxylic acids is 1. The van der Waals surface area contributed by atoms with Crippen LogP contribution >= 0.6 is 11.6 Å². The number of carbonyl (C=O) groups is 1. The molecule has 3 fully saturated rings. The number of halogens is 2. The van der Waals surface area contributed by atoms with Gasteiger partial charge in [-0.2, -0.15) is 4.98 Å². The zero-order chi connectivity index (χ0) is 25.1. The molecule has 1 aromatic heterocycles. The molecule has 2 saturated heterocycles. The first-order valence-electron chi connectivity index (χ1n) is 14.1. The highest BCUT2D eigenvalue weighted by molar-refractivity contribution is 6.28. The van der Waals surface area contributed by atoms with Crippen LogP contribution in [0.3, 0.4) is 0 Å². The number of benzene rings is 1. The van der Waals surface area contributed by atoms with E-state index in [0.717, 1.165) is 58.2 Å². The third kappa shape index (κ3) is 5.47. The Morgan fingerprint density at radius 1 is 1.08 bits per heavy atom. The minimum Gasteiger partial charge on any atom is -0.345 e. The summed E-state index contributed by atoms with van der Waals surface area (Å²) in [6.45, 7) is 4.74. The largest absolute Gasteiger partial charge is 0.345 e. The van der Waals surface area contributed by atoms with Crippen LogP contribution in [0.2, 0.25) is 5.15 Å². The molecule has 4 nitrogen and oxygen atoms in total. The minimum atomic E-state index is -0.675. The molecule has 0 radical (unpaired) electrons. The van der Waals surface area contributed by atoms with Crippen LogP contribution in [-0.2, 0) is 11.2 Å². The number of likely N-dealkylation sites (tertiary alicyclic amines) is 1. The molecule has 3 aliphatic rings. The number of piperidine rings is 1. The summed E-state index contributed by atoms with van der Waals surface area (Å²) >= 11 is 6.29. The fourth-order valence-electron chi connectivity index (χ4n) is 7.15. The average Bonchev–Trinajstić information content (AvgIpc) is 3.39. The van der Waals surface area contributed by atoms with E-state index in [2.05, 4.69) is 58.5 Å². The Morgan fingerprint density at radius 2 is 1.86 bits per heavy atom. The van der Waals surface area contributed by atoms with Crippen molar-refractivity contribution in [2.24, 2.45) is 11.8 Å². The van der Waals surface area contributed by atoms with Crippen LogP contribution in [0.1, 0.15) is 80.5 Å². The van der Waals surface area contributed by atoms with Gasteiger partial charge < -0.3 is 10.2 Å². The lowest BCUT2D eigenvalue weighted by Gasteiger charge is -2.46. The van der Waals surface area contributed by atoms with E-state index in [4.69, 9.17) is 11.6 Å². The number of hydrogen-bond acceptors (Lipinski definition) is 1. The first kappa shape index (κ1) is 25.7. The first-order chi connectivity index (χ1) is 17.5. The second-order valence-electron chi connectivity index (χ2n) is 11.2. The van der Waals surface area contributed by atoms with Crippen molar-refractivity contribution in [2.75, 3.05) is 19.6 Å². The molecule has 3 N–H and O–H groups in total. The van der Waals surface area contributed by atoms with Crippen molar-refractivity contribution < 1.29 is 19.5 Å². The van der Waals surface area contributed by atoms with Crippen LogP contribution < -0.4 is 10.3 Å². The van der Waals surface area contributed by atoms with Gasteiger partial charge in [-0.15, -0.1) is 0 Å². The lowest BCUT2D eigenvalue weighted by Crippen LogP contribution is -2.81. The van der Waals surface area contributed by atoms with Gasteiger partial charge in [0.25, 0.3) is 5.15 Å². The highest BCUT2D eigenvalue weighted by atomic mass is 35.5. The topological polar surface area (TPSA) is 51.1 Å². The van der Waals surface area contributed by atoms with Gasteiger partial charge in [-0.3, -0.25) is 4.79 Å². The Labute approximate surface area is 220 Å². The third-order valence-corrected chi connectivity index (χ3v) is 9.24. The van der Waals surface area contributed by atoms with Crippen molar-refractivity contribution in [1.82, 2.24) is 4.90 Å². The van der Waals surface area contributed by atoms with E-state index >= 15 is 0 Å². The van der Waals surface area contributed by atoms with Gasteiger partial charge in [0.1, 0.15) is 6.17 Å². The Bertz CT molecular complexity index is 1030. The second kappa shape index (κ2) is 11.6. The molecule has 1 aliphatic carbocycles. The van der Waals surface area contributed by atoms with E-state index < -0.39 is 6.17 Å². The van der Waals surface area contributed by atoms with Gasteiger partial charge in [-0.25, -0.2) is 4.39 Å². The van der Waals surface area contributed by atoms with Gasteiger partial charge in [-0.05, 0) is 80.0 Å². The van der Waals surface area contributed by atoms with E-state index in [-0.39, 0.29) is 17.9 Å². The number of aromatic amines is 1. The van der Waals surface area contributed by atoms with Crippen LogP contribution in [0.15, 0.2) is 42.5 Å². The molecule has 4 atom stereocenters. The average molecular weight is 514 g/mol. The number of nitrogens with two attached hydrogens (primary N) is 1. The predicted molar refractivity (Wildman–Crippen MR) is 141 cm³/mol. The zero-order valence-corrected chi connectivity index (χ0v) is 22.2. The van der Waals surface area contributed by atoms with Crippen LogP contribution in [0, 0.1) is 11.8 Å². The van der Waals surface area contributed by atoms with E-state index in [1.165, 1.54) is 16.8 Å². The highest BCUT2D eigenvalue weighted by Crippen LogP contribution is 2.41. The molecule has 1 saturated carbocycles. The summed E-state index contributed by atoms with van der Waals surface area (Å²) in [4.78, 5) is 19.9. The molecule has 3 heterocycles. The number of aromatic nitrogens is 1. The number of H-pyrrole nitrogens is 1. The summed E-state index contributed by atoms with van der Waals surface area (Å²) in [7, 11) is 0. The third-order valence-electron chi connectivity index (χ3n) is 9.02. The fourth-order valence-corrected chi connectivity index (χ4v) is 7.33. The number of rotatable bonds is 6. The smallest absolute Gasteiger partial charge is 0.273 e. The van der Waals surface area contributed by atoms with Crippen LogP contribution in [0.4, 0.5) is 4.39 Å². The summed E-state index contributed by atoms with van der Waals surface area (Å²) < 4.78 is 14.0. The first-order valence-corrected chi connectivity index (χ1v) is 14.4. The fraction of sp³-hybridized carbons (Fsp3) is 0.600. The number of quaternary nitrogens is 1. The van der Waals surface area contributed by atoms with E-state index in [1.54, 1.807) is 0 Å². The van der Waals surface area contributed by atoms with Gasteiger partial charge in [0.15, 0.2) is 5.69 Å². The van der Waals surface area contributed by atoms with Gasteiger partial charge in [0, 0.05) is 30.6 Å². The maximum Gasteiger partial charge on any atom is 0.273 e. The number of amides is 1. The van der Waals surface area contributed by atoms with Gasteiger partial charge in [0.05, 0.1) is 24.9 Å². The second-order valence-corrected chi connectivity index (χ2v) is 11.6. The summed E-state index contributed by atoms with van der Waals surface area (Å²) in [5.41, 5.74) is 3.80. The summed E-state index contributed by atoms with van der Waals surface area (Å²) in [6, 6.07) is 15.0. The quantitative estimate of drug-likeness (QED) is 0.560. The van der Waals surface area contributed by atoms with Gasteiger partial charge >= 0.3 is 0 Å². The van der Waals surface area contributed by atoms with Gasteiger partial charge in [0.2, 0.25) is 5.91 Å². The van der Waals surface area contributed by atoms with Crippen molar-refractivity contribution in [1.29, 1.82) is 0 Å². The van der Waals surface area contributed by atoms with Crippen LogP contribution in [0.25, 0.3) is 0 Å². The van der Waals surface area contributed by atoms with Gasteiger partial charge in [-0.1, -0.05) is 37.3 Å². The van der Waals surface area contributed by atoms with Crippen molar-refractivity contribution >= 4 is 17.5 Å². The van der Waals surface area contributed by atoms with E-state index in [9.17, 15) is 9.18 Å². The Morgan fingerprint density at radius 3 is 2.61 bits per heavy atom. The number of aryl methyl sites for hydroxylation is 1. The zero-order valence-electron chi connectivity index (χ0n) is 21.5. The number of alkyl halides is 1. The molecule has 6 heteroatoms. The Kier molecular flexibility index (Phi) is 8.27. The lowest BCUT2D eigenvalue weighted by molar-refractivity contribution is -0.638. The van der Waals surface area contributed by atoms with E-state index in [1.807, 2.05) is 6.07 Å². The van der Waals surface area contributed by atoms with E-state index in [0.29, 0.717) is 35.7 Å². The van der Waals surface area contributed by atoms with Crippen molar-refractivity contribution in [2.45, 2.75) is 82.3 Å². The molecule has 2 unspecified atom stereocenters. The molecule has 2 aliphatic heterocycles. The SMILES string of the molecule is CCCc1[nH+]c(Cl)ccc1[C@@H]1C[NH2+]CC1C(=O)N1CC[C@H](c2ccccc2)CC1C1CCC(F)CC1. The minimum absolute atomic E-state index is 0.0246. The monoisotopic (exact) mass is 513 g/mol. The Hall–Kier alpha value is -1.98. The molecular formula is C30H41ClFN3O+2. The molecular weight excluding hydrogens is 473 g/mol. The summed E-state index contributed by atoms with van der Waals surface area (Å²) in [6.07, 6.45) is 6.35. The molecule has 5 rings (SSSR count). The lowest BCUT2D eigenvalue weighted by atomic mass is 9.74. The summed E-state index contributed by atoms with van der Waals surface area (Å²) in [5, 5.41) is 2.95. The predicted octanol–water partition coefficient (Wildman–Crippen LogP) is 4.69. The molecule has 1 amide bonds. The summed E-state index contributed by atoms with van der Waals surface area (Å²) in [5.74, 6) is 1.35. The number of nitrogens with zero attached hydrogens (tertiary/aromatic N) is 1.